The maximum absolute atomic E-state index is 6.10. The Morgan fingerprint density at radius 1 is 1.47 bits per heavy atom. The molecule has 1 aromatic carbocycles. The minimum absolute atomic E-state index is 0.183. The van der Waals surface area contributed by atoms with Gasteiger partial charge in [0.05, 0.1) is 0 Å². The predicted octanol–water partition coefficient (Wildman–Crippen LogP) is 1.91. The van der Waals surface area contributed by atoms with Gasteiger partial charge in [-0.3, -0.25) is 0 Å². The molecule has 1 aliphatic carbocycles. The number of rotatable bonds is 2. The van der Waals surface area contributed by atoms with Crippen LogP contribution in [0.25, 0.3) is 11.4 Å². The molecular formula is C13H16N4. The van der Waals surface area contributed by atoms with Crippen LogP contribution in [0, 0.1) is 0 Å². The number of hydrogen-bond acceptors (Lipinski definition) is 3. The van der Waals surface area contributed by atoms with Gasteiger partial charge in [-0.05, 0) is 30.9 Å². The van der Waals surface area contributed by atoms with Gasteiger partial charge in [-0.15, -0.1) is 0 Å². The Labute approximate surface area is 100 Å². The molecule has 17 heavy (non-hydrogen) atoms. The van der Waals surface area contributed by atoms with Crippen molar-refractivity contribution in [2.24, 2.45) is 5.73 Å². The number of fused-ring (bicyclic) bond motifs is 1. The number of nitrogens with zero attached hydrogens (tertiary/aromatic N) is 3. The van der Waals surface area contributed by atoms with E-state index in [0.717, 1.165) is 25.2 Å². The van der Waals surface area contributed by atoms with E-state index in [2.05, 4.69) is 35.2 Å². The first kappa shape index (κ1) is 10.5. The highest BCUT2D eigenvalue weighted by molar-refractivity contribution is 5.64. The highest BCUT2D eigenvalue weighted by Crippen LogP contribution is 2.35. The van der Waals surface area contributed by atoms with Crippen molar-refractivity contribution in [1.29, 1.82) is 0 Å². The summed E-state index contributed by atoms with van der Waals surface area (Å²) in [5, 5.41) is 4.23. The Hall–Kier alpha value is -1.68. The van der Waals surface area contributed by atoms with E-state index >= 15 is 0 Å². The Bertz CT molecular complexity index is 544. The molecule has 2 aromatic rings. The van der Waals surface area contributed by atoms with E-state index in [1.807, 2.05) is 4.68 Å². The number of aryl methyl sites for hydroxylation is 1. The van der Waals surface area contributed by atoms with Crippen molar-refractivity contribution in [1.82, 2.24) is 14.8 Å². The predicted molar refractivity (Wildman–Crippen MR) is 66.4 cm³/mol. The number of benzene rings is 1. The maximum atomic E-state index is 6.10. The molecule has 4 nitrogen and oxygen atoms in total. The van der Waals surface area contributed by atoms with Crippen molar-refractivity contribution >= 4 is 0 Å². The summed E-state index contributed by atoms with van der Waals surface area (Å²) in [7, 11) is 0. The number of nitrogens with two attached hydrogens (primary N) is 1. The van der Waals surface area contributed by atoms with E-state index in [9.17, 15) is 0 Å². The SMILES string of the molecule is CCn1ncnc1-c1cccc2c1CCC2N. The van der Waals surface area contributed by atoms with Crippen molar-refractivity contribution in [3.63, 3.8) is 0 Å². The molecular weight excluding hydrogens is 212 g/mol. The summed E-state index contributed by atoms with van der Waals surface area (Å²) in [6.45, 7) is 2.91. The standard InChI is InChI=1S/C13H16N4/c1-2-17-13(15-8-16-17)11-5-3-4-10-9(11)6-7-12(10)14/h3-5,8,12H,2,6-7,14H2,1H3. The van der Waals surface area contributed by atoms with E-state index in [-0.39, 0.29) is 6.04 Å². The second-order valence-corrected chi connectivity index (χ2v) is 4.42. The number of aromatic nitrogens is 3. The molecule has 1 atom stereocenters. The van der Waals surface area contributed by atoms with Crippen LogP contribution in [-0.4, -0.2) is 14.8 Å². The fraction of sp³-hybridized carbons (Fsp3) is 0.385. The van der Waals surface area contributed by atoms with Gasteiger partial charge in [0.15, 0.2) is 5.82 Å². The molecule has 1 aromatic heterocycles. The second-order valence-electron chi connectivity index (χ2n) is 4.42. The van der Waals surface area contributed by atoms with Gasteiger partial charge in [0, 0.05) is 18.2 Å². The molecule has 1 heterocycles. The largest absolute Gasteiger partial charge is 0.324 e. The lowest BCUT2D eigenvalue weighted by atomic mass is 10.0. The first-order valence-electron chi connectivity index (χ1n) is 6.06. The van der Waals surface area contributed by atoms with Gasteiger partial charge in [0.2, 0.25) is 0 Å². The third kappa shape index (κ3) is 1.56. The first-order chi connectivity index (χ1) is 8.31. The maximum Gasteiger partial charge on any atom is 0.158 e. The normalized spacial score (nSPS) is 18.4. The summed E-state index contributed by atoms with van der Waals surface area (Å²) >= 11 is 0. The molecule has 1 unspecified atom stereocenters. The van der Waals surface area contributed by atoms with Gasteiger partial charge >= 0.3 is 0 Å². The Balaban J connectivity index is 2.17. The number of hydrogen-bond donors (Lipinski definition) is 1. The van der Waals surface area contributed by atoms with Crippen molar-refractivity contribution < 1.29 is 0 Å². The van der Waals surface area contributed by atoms with Crippen molar-refractivity contribution in [2.45, 2.75) is 32.4 Å². The van der Waals surface area contributed by atoms with Crippen LogP contribution >= 0.6 is 0 Å². The summed E-state index contributed by atoms with van der Waals surface area (Å²) in [6, 6.07) is 6.49. The van der Waals surface area contributed by atoms with Crippen LogP contribution in [0.2, 0.25) is 0 Å². The van der Waals surface area contributed by atoms with Crippen LogP contribution in [-0.2, 0) is 13.0 Å². The third-order valence-corrected chi connectivity index (χ3v) is 3.47. The summed E-state index contributed by atoms with van der Waals surface area (Å²) in [6.07, 6.45) is 3.70. The molecule has 88 valence electrons. The van der Waals surface area contributed by atoms with Crippen LogP contribution < -0.4 is 5.73 Å². The molecule has 0 amide bonds. The highest BCUT2D eigenvalue weighted by Gasteiger charge is 2.23. The van der Waals surface area contributed by atoms with Crippen molar-refractivity contribution in [3.8, 4) is 11.4 Å². The zero-order chi connectivity index (χ0) is 11.8. The molecule has 4 heteroatoms. The van der Waals surface area contributed by atoms with Crippen LogP contribution in [0.1, 0.15) is 30.5 Å². The van der Waals surface area contributed by atoms with Gasteiger partial charge in [0.1, 0.15) is 6.33 Å². The molecule has 1 aliphatic rings. The summed E-state index contributed by atoms with van der Waals surface area (Å²) in [5.74, 6) is 0.957. The van der Waals surface area contributed by atoms with E-state index in [1.54, 1.807) is 6.33 Å². The second kappa shape index (κ2) is 3.96. The van der Waals surface area contributed by atoms with Crippen LogP contribution in [0.4, 0.5) is 0 Å². The van der Waals surface area contributed by atoms with Gasteiger partial charge < -0.3 is 5.73 Å². The lowest BCUT2D eigenvalue weighted by Gasteiger charge is -2.09. The average molecular weight is 228 g/mol. The molecule has 2 N–H and O–H groups in total. The minimum atomic E-state index is 0.183. The zero-order valence-electron chi connectivity index (χ0n) is 9.93. The van der Waals surface area contributed by atoms with E-state index in [1.165, 1.54) is 16.7 Å². The van der Waals surface area contributed by atoms with Gasteiger partial charge in [-0.25, -0.2) is 9.67 Å². The summed E-state index contributed by atoms with van der Waals surface area (Å²) in [4.78, 5) is 4.37. The summed E-state index contributed by atoms with van der Waals surface area (Å²) < 4.78 is 1.93. The Kier molecular flexibility index (Phi) is 2.44. The molecule has 0 aliphatic heterocycles. The Morgan fingerprint density at radius 2 is 2.35 bits per heavy atom. The molecule has 0 saturated carbocycles. The zero-order valence-corrected chi connectivity index (χ0v) is 9.93. The Morgan fingerprint density at radius 3 is 3.18 bits per heavy atom. The van der Waals surface area contributed by atoms with Gasteiger partial charge in [-0.1, -0.05) is 18.2 Å². The molecule has 0 fully saturated rings. The minimum Gasteiger partial charge on any atom is -0.324 e. The lowest BCUT2D eigenvalue weighted by Crippen LogP contribution is -2.05. The van der Waals surface area contributed by atoms with E-state index in [4.69, 9.17) is 5.73 Å². The fourth-order valence-corrected chi connectivity index (χ4v) is 2.60. The highest BCUT2D eigenvalue weighted by atomic mass is 15.3. The van der Waals surface area contributed by atoms with E-state index < -0.39 is 0 Å². The molecule has 0 saturated heterocycles. The van der Waals surface area contributed by atoms with Gasteiger partial charge in [-0.2, -0.15) is 5.10 Å². The molecule has 0 bridgehead atoms. The molecule has 3 rings (SSSR count). The smallest absolute Gasteiger partial charge is 0.158 e. The van der Waals surface area contributed by atoms with Crippen LogP contribution in [0.15, 0.2) is 24.5 Å². The van der Waals surface area contributed by atoms with Crippen LogP contribution in [0.3, 0.4) is 0 Å². The van der Waals surface area contributed by atoms with Crippen LogP contribution in [0.5, 0.6) is 0 Å². The molecule has 0 radical (unpaired) electrons. The topological polar surface area (TPSA) is 56.7 Å². The van der Waals surface area contributed by atoms with Crippen molar-refractivity contribution in [2.75, 3.05) is 0 Å². The quantitative estimate of drug-likeness (QED) is 0.854. The average Bonchev–Trinajstić information content (AvgIpc) is 2.96. The lowest BCUT2D eigenvalue weighted by molar-refractivity contribution is 0.665. The first-order valence-corrected chi connectivity index (χ1v) is 6.06. The third-order valence-electron chi connectivity index (χ3n) is 3.47. The van der Waals surface area contributed by atoms with Gasteiger partial charge in [0.25, 0.3) is 0 Å². The molecule has 0 spiro atoms. The monoisotopic (exact) mass is 228 g/mol. The van der Waals surface area contributed by atoms with E-state index in [0.29, 0.717) is 0 Å². The summed E-state index contributed by atoms with van der Waals surface area (Å²) in [5.41, 5.74) is 9.91. The van der Waals surface area contributed by atoms with Crippen molar-refractivity contribution in [3.05, 3.63) is 35.7 Å². The fourth-order valence-electron chi connectivity index (χ4n) is 2.60.